The molecule has 2 aromatic rings. The van der Waals surface area contributed by atoms with Crippen molar-refractivity contribution >= 4 is 23.0 Å². The van der Waals surface area contributed by atoms with E-state index in [1.54, 1.807) is 27.8 Å². The summed E-state index contributed by atoms with van der Waals surface area (Å²) in [5.74, 6) is 0.407. The number of piperidine rings is 1. The van der Waals surface area contributed by atoms with Gasteiger partial charge in [0, 0.05) is 32.4 Å². The fraction of sp³-hybridized carbons (Fsp3) is 0.579. The number of methoxy groups -OCH3 is 1. The van der Waals surface area contributed by atoms with Crippen LogP contribution in [0.15, 0.2) is 6.20 Å². The molecule has 4 heterocycles. The number of aryl methyl sites for hydroxylation is 2. The molecular formula is C19H25N5O4. The van der Waals surface area contributed by atoms with Crippen molar-refractivity contribution in [1.29, 1.82) is 0 Å². The zero-order valence-electron chi connectivity index (χ0n) is 16.6. The molecule has 9 heteroatoms. The average molecular weight is 387 g/mol. The summed E-state index contributed by atoms with van der Waals surface area (Å²) in [6.45, 7) is 5.55. The van der Waals surface area contributed by atoms with Crippen molar-refractivity contribution in [2.45, 2.75) is 38.8 Å². The van der Waals surface area contributed by atoms with E-state index in [1.165, 1.54) is 0 Å². The Morgan fingerprint density at radius 3 is 2.64 bits per heavy atom. The number of ether oxygens (including phenoxy) is 2. The van der Waals surface area contributed by atoms with Crippen molar-refractivity contribution in [3.8, 4) is 5.75 Å². The minimum absolute atomic E-state index is 0.0723. The zero-order chi connectivity index (χ0) is 20.0. The van der Waals surface area contributed by atoms with E-state index in [4.69, 9.17) is 9.47 Å². The number of rotatable bonds is 3. The highest BCUT2D eigenvalue weighted by Crippen LogP contribution is 2.32. The van der Waals surface area contributed by atoms with Crippen LogP contribution in [-0.4, -0.2) is 75.5 Å². The second-order valence-corrected chi connectivity index (χ2v) is 7.48. The Kier molecular flexibility index (Phi) is 4.60. The van der Waals surface area contributed by atoms with Crippen LogP contribution in [0, 0.1) is 6.92 Å². The van der Waals surface area contributed by atoms with Crippen molar-refractivity contribution in [2.24, 2.45) is 7.05 Å². The minimum Gasteiger partial charge on any atom is -0.495 e. The molecule has 0 radical (unpaired) electrons. The first kappa shape index (κ1) is 18.5. The molecule has 0 N–H and O–H groups in total. The van der Waals surface area contributed by atoms with Gasteiger partial charge < -0.3 is 19.3 Å². The van der Waals surface area contributed by atoms with Crippen molar-refractivity contribution in [2.75, 3.05) is 26.7 Å². The molecule has 9 nitrogen and oxygen atoms in total. The van der Waals surface area contributed by atoms with Gasteiger partial charge in [-0.25, -0.2) is 9.78 Å². The molecule has 0 aromatic carbocycles. The Hall–Kier alpha value is -2.84. The molecule has 2 amide bonds. The van der Waals surface area contributed by atoms with Gasteiger partial charge in [0.15, 0.2) is 5.65 Å². The molecule has 2 aliphatic rings. The summed E-state index contributed by atoms with van der Waals surface area (Å²) >= 11 is 0. The third kappa shape index (κ3) is 2.94. The molecule has 1 unspecified atom stereocenters. The lowest BCUT2D eigenvalue weighted by Gasteiger charge is -2.35. The predicted octanol–water partition coefficient (Wildman–Crippen LogP) is 1.73. The fourth-order valence-electron chi connectivity index (χ4n) is 4.22. The molecule has 4 rings (SSSR count). The predicted molar refractivity (Wildman–Crippen MR) is 101 cm³/mol. The number of pyridine rings is 1. The largest absolute Gasteiger partial charge is 0.495 e. The van der Waals surface area contributed by atoms with Crippen LogP contribution >= 0.6 is 0 Å². The van der Waals surface area contributed by atoms with E-state index < -0.39 is 0 Å². The lowest BCUT2D eigenvalue weighted by atomic mass is 10.0. The fourth-order valence-corrected chi connectivity index (χ4v) is 4.22. The highest BCUT2D eigenvalue weighted by atomic mass is 16.6. The first-order valence-corrected chi connectivity index (χ1v) is 9.53. The summed E-state index contributed by atoms with van der Waals surface area (Å²) in [4.78, 5) is 33.1. The first-order valence-electron chi connectivity index (χ1n) is 9.53. The number of hydrogen-bond acceptors (Lipinski definition) is 6. The second-order valence-electron chi connectivity index (χ2n) is 7.48. The van der Waals surface area contributed by atoms with Crippen molar-refractivity contribution in [3.63, 3.8) is 0 Å². The third-order valence-electron chi connectivity index (χ3n) is 5.60. The number of carbonyl (C=O) groups excluding carboxylic acids is 2. The van der Waals surface area contributed by atoms with Gasteiger partial charge in [-0.05, 0) is 26.7 Å². The molecule has 2 aliphatic heterocycles. The number of carbonyl (C=O) groups is 2. The van der Waals surface area contributed by atoms with Crippen LogP contribution in [0.4, 0.5) is 4.79 Å². The number of amides is 2. The van der Waals surface area contributed by atoms with Crippen LogP contribution < -0.4 is 4.74 Å². The van der Waals surface area contributed by atoms with Crippen molar-refractivity contribution < 1.29 is 19.1 Å². The summed E-state index contributed by atoms with van der Waals surface area (Å²) in [6, 6.07) is 0.115. The molecule has 1 atom stereocenters. The third-order valence-corrected chi connectivity index (χ3v) is 5.60. The van der Waals surface area contributed by atoms with Crippen molar-refractivity contribution in [3.05, 3.63) is 17.5 Å². The summed E-state index contributed by atoms with van der Waals surface area (Å²) in [5.41, 5.74) is 1.90. The Balaban J connectivity index is 1.53. The maximum absolute atomic E-state index is 13.2. The number of likely N-dealkylation sites (tertiary alicyclic amines) is 1. The Morgan fingerprint density at radius 2 is 2.04 bits per heavy atom. The van der Waals surface area contributed by atoms with Gasteiger partial charge in [0.2, 0.25) is 0 Å². The van der Waals surface area contributed by atoms with E-state index >= 15 is 0 Å². The van der Waals surface area contributed by atoms with Gasteiger partial charge in [-0.1, -0.05) is 0 Å². The number of aromatic nitrogens is 3. The standard InChI is InChI=1S/C19H25N5O4/c1-11-10-24(19(26)28-11)13-5-7-23(8-6-13)18(25)14-9-20-17-15(16(14)27-4)12(2)21-22(17)3/h9,11,13H,5-8,10H2,1-4H3. The molecule has 2 fully saturated rings. The van der Waals surface area contributed by atoms with Gasteiger partial charge in [-0.3, -0.25) is 9.48 Å². The van der Waals surface area contributed by atoms with E-state index in [2.05, 4.69) is 10.1 Å². The lowest BCUT2D eigenvalue weighted by molar-refractivity contribution is 0.0655. The molecule has 0 aliphatic carbocycles. The Labute approximate surface area is 163 Å². The summed E-state index contributed by atoms with van der Waals surface area (Å²) in [7, 11) is 3.38. The van der Waals surface area contributed by atoms with Crippen LogP contribution in [0.25, 0.3) is 11.0 Å². The van der Waals surface area contributed by atoms with Gasteiger partial charge in [-0.2, -0.15) is 5.10 Å². The number of fused-ring (bicyclic) bond motifs is 1. The zero-order valence-corrected chi connectivity index (χ0v) is 16.6. The molecule has 2 saturated heterocycles. The van der Waals surface area contributed by atoms with Gasteiger partial charge in [0.1, 0.15) is 17.4 Å². The topological polar surface area (TPSA) is 89.8 Å². The second kappa shape index (κ2) is 6.96. The average Bonchev–Trinajstić information content (AvgIpc) is 3.18. The van der Waals surface area contributed by atoms with Crippen molar-refractivity contribution in [1.82, 2.24) is 24.6 Å². The normalized spacial score (nSPS) is 20.7. The summed E-state index contributed by atoms with van der Waals surface area (Å²) in [6.07, 6.45) is 2.71. The first-order chi connectivity index (χ1) is 13.4. The smallest absolute Gasteiger partial charge is 0.410 e. The van der Waals surface area contributed by atoms with Gasteiger partial charge >= 0.3 is 6.09 Å². The van der Waals surface area contributed by atoms with E-state index in [-0.39, 0.29) is 24.1 Å². The lowest BCUT2D eigenvalue weighted by Crippen LogP contribution is -2.47. The van der Waals surface area contributed by atoms with E-state index in [1.807, 2.05) is 20.9 Å². The Bertz CT molecular complexity index is 932. The van der Waals surface area contributed by atoms with Crippen LogP contribution in [0.3, 0.4) is 0 Å². The maximum atomic E-state index is 13.2. The summed E-state index contributed by atoms with van der Waals surface area (Å²) in [5, 5.41) is 5.14. The number of nitrogens with zero attached hydrogens (tertiary/aromatic N) is 5. The van der Waals surface area contributed by atoms with Gasteiger partial charge in [-0.15, -0.1) is 0 Å². The van der Waals surface area contributed by atoms with E-state index in [0.717, 1.165) is 23.9 Å². The highest BCUT2D eigenvalue weighted by Gasteiger charge is 2.36. The molecule has 28 heavy (non-hydrogen) atoms. The van der Waals surface area contributed by atoms with Crippen LogP contribution in [-0.2, 0) is 11.8 Å². The van der Waals surface area contributed by atoms with E-state index in [9.17, 15) is 9.59 Å². The highest BCUT2D eigenvalue weighted by molar-refractivity contribution is 6.02. The Morgan fingerprint density at radius 1 is 1.32 bits per heavy atom. The molecule has 0 saturated carbocycles. The summed E-state index contributed by atoms with van der Waals surface area (Å²) < 4.78 is 12.5. The number of cyclic esters (lactones) is 1. The SMILES string of the molecule is COc1c(C(=O)N2CCC(N3CC(C)OC3=O)CC2)cnc2c1c(C)nn2C. The molecule has 0 spiro atoms. The monoisotopic (exact) mass is 387 g/mol. The van der Waals surface area contributed by atoms with Crippen LogP contribution in [0.2, 0.25) is 0 Å². The maximum Gasteiger partial charge on any atom is 0.410 e. The van der Waals surface area contributed by atoms with Gasteiger partial charge in [0.25, 0.3) is 5.91 Å². The van der Waals surface area contributed by atoms with Crippen LogP contribution in [0.1, 0.15) is 35.8 Å². The number of hydrogen-bond donors (Lipinski definition) is 0. The molecule has 150 valence electrons. The quantitative estimate of drug-likeness (QED) is 0.797. The molecule has 2 aromatic heterocycles. The van der Waals surface area contributed by atoms with Gasteiger partial charge in [0.05, 0.1) is 24.7 Å². The van der Waals surface area contributed by atoms with Crippen LogP contribution in [0.5, 0.6) is 5.75 Å². The molecule has 0 bridgehead atoms. The van der Waals surface area contributed by atoms with E-state index in [0.29, 0.717) is 36.6 Å². The minimum atomic E-state index is -0.249. The molecular weight excluding hydrogens is 362 g/mol.